The first-order valence-corrected chi connectivity index (χ1v) is 5.08. The lowest BCUT2D eigenvalue weighted by Crippen LogP contribution is -2.48. The number of aromatic carboxylic acids is 1. The maximum atomic E-state index is 10.6. The molecule has 6 heteroatoms. The van der Waals surface area contributed by atoms with Crippen LogP contribution < -0.4 is 0 Å². The van der Waals surface area contributed by atoms with E-state index in [0.29, 0.717) is 0 Å². The van der Waals surface area contributed by atoms with Crippen LogP contribution in [0, 0.1) is 0 Å². The summed E-state index contributed by atoms with van der Waals surface area (Å²) < 4.78 is 1.62. The van der Waals surface area contributed by atoms with Crippen molar-refractivity contribution in [1.29, 1.82) is 0 Å². The van der Waals surface area contributed by atoms with Crippen molar-refractivity contribution in [2.24, 2.45) is 0 Å². The van der Waals surface area contributed by atoms with Crippen LogP contribution in [0.3, 0.4) is 0 Å². The van der Waals surface area contributed by atoms with Crippen LogP contribution in [0.2, 0.25) is 0 Å². The van der Waals surface area contributed by atoms with Crippen molar-refractivity contribution in [3.8, 4) is 0 Å². The molecule has 0 bridgehead atoms. The zero-order chi connectivity index (χ0) is 11.7. The molecule has 0 saturated carbocycles. The van der Waals surface area contributed by atoms with Gasteiger partial charge in [0, 0.05) is 19.6 Å². The molecule has 0 amide bonds. The largest absolute Gasteiger partial charge is 0.476 e. The van der Waals surface area contributed by atoms with Crippen LogP contribution in [-0.2, 0) is 0 Å². The Morgan fingerprint density at radius 3 is 2.88 bits per heavy atom. The highest BCUT2D eigenvalue weighted by Crippen LogP contribution is 2.20. The first-order valence-electron chi connectivity index (χ1n) is 5.08. The van der Waals surface area contributed by atoms with Crippen molar-refractivity contribution < 1.29 is 9.90 Å². The van der Waals surface area contributed by atoms with E-state index in [0.717, 1.165) is 25.2 Å². The topological polar surface area (TPSA) is 71.2 Å². The van der Waals surface area contributed by atoms with E-state index >= 15 is 0 Å². The Morgan fingerprint density at radius 1 is 1.69 bits per heavy atom. The second kappa shape index (κ2) is 4.05. The lowest BCUT2D eigenvalue weighted by Gasteiger charge is -2.38. The number of nitrogens with zero attached hydrogens (tertiary/aromatic N) is 4. The van der Waals surface area contributed by atoms with E-state index in [9.17, 15) is 4.79 Å². The van der Waals surface area contributed by atoms with Gasteiger partial charge in [-0.1, -0.05) is 17.4 Å². The van der Waals surface area contributed by atoms with Crippen LogP contribution in [0.4, 0.5) is 0 Å². The molecule has 1 N–H and O–H groups in total. The molecule has 6 nitrogen and oxygen atoms in total. The molecule has 1 aromatic heterocycles. The number of carbonyl (C=O) groups is 1. The second-order valence-electron chi connectivity index (χ2n) is 4.19. The first-order chi connectivity index (χ1) is 7.56. The van der Waals surface area contributed by atoms with E-state index in [1.807, 2.05) is 6.92 Å². The predicted octanol–water partition coefficient (Wildman–Crippen LogP) is 0.409. The molecule has 16 heavy (non-hydrogen) atoms. The number of hydrogen-bond donors (Lipinski definition) is 1. The summed E-state index contributed by atoms with van der Waals surface area (Å²) in [5.41, 5.74) is 1.13. The highest BCUT2D eigenvalue weighted by atomic mass is 16.4. The number of carboxylic acids is 1. The lowest BCUT2D eigenvalue weighted by molar-refractivity contribution is 0.0690. The van der Waals surface area contributed by atoms with Gasteiger partial charge in [0.2, 0.25) is 0 Å². The van der Waals surface area contributed by atoms with Gasteiger partial charge in [-0.25, -0.2) is 9.48 Å². The van der Waals surface area contributed by atoms with Gasteiger partial charge in [-0.15, -0.1) is 5.10 Å². The molecule has 1 fully saturated rings. The summed E-state index contributed by atoms with van der Waals surface area (Å²) in [5.74, 6) is -1.04. The minimum atomic E-state index is -1.04. The van der Waals surface area contributed by atoms with Gasteiger partial charge in [0.05, 0.1) is 12.2 Å². The highest BCUT2D eigenvalue weighted by molar-refractivity contribution is 5.84. The molecule has 0 radical (unpaired) electrons. The first kappa shape index (κ1) is 10.8. The molecule has 0 atom stereocenters. The maximum Gasteiger partial charge on any atom is 0.358 e. The Bertz CT molecular complexity index is 420. The van der Waals surface area contributed by atoms with E-state index in [1.165, 1.54) is 6.20 Å². The molecule has 1 aromatic rings. The molecule has 0 aliphatic carbocycles. The SMILES string of the molecule is C=C(C)CN1CC(n2cc(C(=O)O)nn2)C1. The van der Waals surface area contributed by atoms with Crippen molar-refractivity contribution in [2.75, 3.05) is 19.6 Å². The van der Waals surface area contributed by atoms with Crippen molar-refractivity contribution in [2.45, 2.75) is 13.0 Å². The fraction of sp³-hybridized carbons (Fsp3) is 0.500. The Labute approximate surface area is 93.2 Å². The van der Waals surface area contributed by atoms with Crippen molar-refractivity contribution in [3.63, 3.8) is 0 Å². The zero-order valence-corrected chi connectivity index (χ0v) is 9.13. The molecule has 86 valence electrons. The monoisotopic (exact) mass is 222 g/mol. The Hall–Kier alpha value is -1.69. The Balaban J connectivity index is 1.91. The molecule has 0 unspecified atom stereocenters. The minimum Gasteiger partial charge on any atom is -0.476 e. The summed E-state index contributed by atoms with van der Waals surface area (Å²) in [5, 5.41) is 16.1. The van der Waals surface area contributed by atoms with Crippen LogP contribution in [-0.4, -0.2) is 50.6 Å². The smallest absolute Gasteiger partial charge is 0.358 e. The molecule has 2 heterocycles. The molecule has 0 aromatic carbocycles. The molecule has 1 aliphatic rings. The second-order valence-corrected chi connectivity index (χ2v) is 4.19. The molecular formula is C10H14N4O2. The summed E-state index contributed by atoms with van der Waals surface area (Å²) in [6.45, 7) is 8.47. The summed E-state index contributed by atoms with van der Waals surface area (Å²) in [6, 6.07) is 0.236. The molecule has 1 aliphatic heterocycles. The van der Waals surface area contributed by atoms with E-state index < -0.39 is 5.97 Å². The highest BCUT2D eigenvalue weighted by Gasteiger charge is 2.29. The number of aromatic nitrogens is 3. The summed E-state index contributed by atoms with van der Waals surface area (Å²) >= 11 is 0. The van der Waals surface area contributed by atoms with Crippen LogP contribution in [0.5, 0.6) is 0 Å². The standard InChI is InChI=1S/C10H14N4O2/c1-7(2)3-13-4-8(5-13)14-6-9(10(15)16)11-12-14/h6,8H,1,3-5H2,2H3,(H,15,16). The number of rotatable bonds is 4. The van der Waals surface area contributed by atoms with Gasteiger partial charge >= 0.3 is 5.97 Å². The van der Waals surface area contributed by atoms with E-state index in [-0.39, 0.29) is 11.7 Å². The zero-order valence-electron chi connectivity index (χ0n) is 9.13. The Morgan fingerprint density at radius 2 is 2.38 bits per heavy atom. The number of likely N-dealkylation sites (tertiary alicyclic amines) is 1. The maximum absolute atomic E-state index is 10.6. The van der Waals surface area contributed by atoms with E-state index in [1.54, 1.807) is 4.68 Å². The van der Waals surface area contributed by atoms with Gasteiger partial charge in [0.15, 0.2) is 5.69 Å². The van der Waals surface area contributed by atoms with Crippen molar-refractivity contribution in [1.82, 2.24) is 19.9 Å². The molecule has 0 spiro atoms. The van der Waals surface area contributed by atoms with Crippen LogP contribution in [0.1, 0.15) is 23.5 Å². The van der Waals surface area contributed by atoms with Gasteiger partial charge < -0.3 is 5.11 Å². The van der Waals surface area contributed by atoms with Crippen molar-refractivity contribution in [3.05, 3.63) is 24.0 Å². The van der Waals surface area contributed by atoms with Crippen LogP contribution >= 0.6 is 0 Å². The summed E-state index contributed by atoms with van der Waals surface area (Å²) in [6.07, 6.45) is 1.48. The fourth-order valence-electron chi connectivity index (χ4n) is 1.77. The van der Waals surface area contributed by atoms with Gasteiger partial charge in [0.25, 0.3) is 0 Å². The quantitative estimate of drug-likeness (QED) is 0.747. The summed E-state index contributed by atoms with van der Waals surface area (Å²) in [4.78, 5) is 12.8. The molecular weight excluding hydrogens is 208 g/mol. The average molecular weight is 222 g/mol. The molecule has 2 rings (SSSR count). The predicted molar refractivity (Wildman–Crippen MR) is 57.3 cm³/mol. The summed E-state index contributed by atoms with van der Waals surface area (Å²) in [7, 11) is 0. The van der Waals surface area contributed by atoms with Crippen LogP contribution in [0.25, 0.3) is 0 Å². The van der Waals surface area contributed by atoms with Gasteiger partial charge in [-0.3, -0.25) is 4.90 Å². The fourth-order valence-corrected chi connectivity index (χ4v) is 1.77. The Kier molecular flexibility index (Phi) is 2.74. The number of hydrogen-bond acceptors (Lipinski definition) is 4. The van der Waals surface area contributed by atoms with E-state index in [2.05, 4.69) is 21.8 Å². The van der Waals surface area contributed by atoms with E-state index in [4.69, 9.17) is 5.11 Å². The van der Waals surface area contributed by atoms with Crippen molar-refractivity contribution >= 4 is 5.97 Å². The third-order valence-corrected chi connectivity index (χ3v) is 2.53. The van der Waals surface area contributed by atoms with Crippen LogP contribution in [0.15, 0.2) is 18.3 Å². The third-order valence-electron chi connectivity index (χ3n) is 2.53. The average Bonchev–Trinajstić information content (AvgIpc) is 2.58. The van der Waals surface area contributed by atoms with Gasteiger partial charge in [-0.2, -0.15) is 0 Å². The normalized spacial score (nSPS) is 17.1. The molecule has 1 saturated heterocycles. The minimum absolute atomic E-state index is 0.00153. The lowest BCUT2D eigenvalue weighted by atomic mass is 10.1. The van der Waals surface area contributed by atoms with Gasteiger partial charge in [0.1, 0.15) is 0 Å². The number of carboxylic acid groups (broad SMARTS) is 1. The van der Waals surface area contributed by atoms with Gasteiger partial charge in [-0.05, 0) is 6.92 Å². The third kappa shape index (κ3) is 2.11.